The lowest BCUT2D eigenvalue weighted by Crippen LogP contribution is -2.41. The minimum absolute atomic E-state index is 0.286. The fourth-order valence-electron chi connectivity index (χ4n) is 2.28. The van der Waals surface area contributed by atoms with E-state index < -0.39 is 0 Å². The molecule has 19 heavy (non-hydrogen) atoms. The van der Waals surface area contributed by atoms with Crippen LogP contribution >= 0.6 is 11.3 Å². The van der Waals surface area contributed by atoms with Gasteiger partial charge in [-0.25, -0.2) is 4.98 Å². The number of rotatable bonds is 3. The lowest BCUT2D eigenvalue weighted by atomic mass is 9.83. The number of thiazole rings is 1. The highest BCUT2D eigenvalue weighted by Gasteiger charge is 2.53. The molecule has 2 fully saturated rings. The molecule has 1 saturated heterocycles. The van der Waals surface area contributed by atoms with Crippen molar-refractivity contribution in [1.82, 2.24) is 4.98 Å². The topological polar surface area (TPSA) is 31.4 Å². The Balaban J connectivity index is 1.90. The smallest absolute Gasteiger partial charge is 0.398 e. The summed E-state index contributed by atoms with van der Waals surface area (Å²) >= 11 is 1.85. The van der Waals surface area contributed by atoms with Crippen LogP contribution in [0.25, 0.3) is 0 Å². The van der Waals surface area contributed by atoms with Gasteiger partial charge in [-0.1, -0.05) is 6.92 Å². The van der Waals surface area contributed by atoms with Gasteiger partial charge < -0.3 is 9.31 Å². The quantitative estimate of drug-likeness (QED) is 0.797. The lowest BCUT2D eigenvalue weighted by Gasteiger charge is -2.32. The van der Waals surface area contributed by atoms with Crippen molar-refractivity contribution in [2.24, 2.45) is 0 Å². The second-order valence-corrected chi connectivity index (χ2v) is 7.69. The maximum absolute atomic E-state index is 6.13. The third kappa shape index (κ3) is 2.26. The molecular weight excluding hydrogens is 257 g/mol. The van der Waals surface area contributed by atoms with Crippen molar-refractivity contribution in [3.63, 3.8) is 0 Å². The predicted octanol–water partition coefficient (Wildman–Crippen LogP) is 2.88. The van der Waals surface area contributed by atoms with Crippen LogP contribution in [-0.4, -0.2) is 23.3 Å². The highest BCUT2D eigenvalue weighted by atomic mass is 32.1. The Labute approximate surface area is 119 Å². The van der Waals surface area contributed by atoms with Crippen LogP contribution in [0.2, 0.25) is 0 Å². The van der Waals surface area contributed by atoms with Crippen LogP contribution < -0.4 is 5.59 Å². The van der Waals surface area contributed by atoms with Crippen molar-refractivity contribution in [2.75, 3.05) is 0 Å². The molecule has 0 spiro atoms. The summed E-state index contributed by atoms with van der Waals surface area (Å²) in [4.78, 5) is 6.14. The van der Waals surface area contributed by atoms with Gasteiger partial charge in [0.15, 0.2) is 0 Å². The summed E-state index contributed by atoms with van der Waals surface area (Å²) in [6.07, 6.45) is 3.59. The monoisotopic (exact) mass is 279 g/mol. The number of hydrogen-bond donors (Lipinski definition) is 0. The standard InChI is InChI=1S/C14H22BNO2S/c1-6-10-11(16-12(19-10)9-7-8-9)15-17-13(2,3)14(4,5)18-15/h9H,6-8H2,1-5H3. The van der Waals surface area contributed by atoms with Crippen LogP contribution in [-0.2, 0) is 15.7 Å². The molecule has 0 amide bonds. The Kier molecular flexibility index (Phi) is 3.08. The molecule has 1 aliphatic heterocycles. The number of aromatic nitrogens is 1. The van der Waals surface area contributed by atoms with Gasteiger partial charge in [0.05, 0.1) is 21.8 Å². The van der Waals surface area contributed by atoms with Crippen LogP contribution in [0.5, 0.6) is 0 Å². The van der Waals surface area contributed by atoms with E-state index in [9.17, 15) is 0 Å². The van der Waals surface area contributed by atoms with E-state index in [1.807, 2.05) is 11.3 Å². The van der Waals surface area contributed by atoms with Gasteiger partial charge in [-0.05, 0) is 47.0 Å². The van der Waals surface area contributed by atoms with E-state index in [2.05, 4.69) is 34.6 Å². The average Bonchev–Trinajstić information content (AvgIpc) is 3.02. The molecule has 2 heterocycles. The number of aryl methyl sites for hydroxylation is 1. The zero-order valence-corrected chi connectivity index (χ0v) is 13.3. The first-order valence-electron chi connectivity index (χ1n) is 7.19. The van der Waals surface area contributed by atoms with E-state index in [4.69, 9.17) is 14.3 Å². The molecule has 3 rings (SSSR count). The van der Waals surface area contributed by atoms with Gasteiger partial charge in [0.2, 0.25) is 0 Å². The van der Waals surface area contributed by atoms with Crippen LogP contribution in [0.3, 0.4) is 0 Å². The highest BCUT2D eigenvalue weighted by Crippen LogP contribution is 2.42. The summed E-state index contributed by atoms with van der Waals surface area (Å²) < 4.78 is 12.3. The first-order valence-corrected chi connectivity index (χ1v) is 8.01. The van der Waals surface area contributed by atoms with E-state index in [1.165, 1.54) is 22.7 Å². The second kappa shape index (κ2) is 4.30. The molecule has 2 aliphatic rings. The molecular formula is C14H22BNO2S. The molecule has 104 valence electrons. The molecule has 1 saturated carbocycles. The Morgan fingerprint density at radius 3 is 2.26 bits per heavy atom. The predicted molar refractivity (Wildman–Crippen MR) is 79.2 cm³/mol. The zero-order valence-electron chi connectivity index (χ0n) is 12.4. The normalized spacial score (nSPS) is 25.0. The van der Waals surface area contributed by atoms with Gasteiger partial charge in [0.1, 0.15) is 0 Å². The summed E-state index contributed by atoms with van der Waals surface area (Å²) in [5, 5.41) is 1.28. The minimum atomic E-state index is -0.302. The molecule has 0 bridgehead atoms. The molecule has 0 unspecified atom stereocenters. The fourth-order valence-corrected chi connectivity index (χ4v) is 3.47. The Morgan fingerprint density at radius 2 is 1.79 bits per heavy atom. The van der Waals surface area contributed by atoms with Crippen LogP contribution in [0.15, 0.2) is 0 Å². The Bertz CT molecular complexity index is 478. The summed E-state index contributed by atoms with van der Waals surface area (Å²) in [7, 11) is -0.302. The molecule has 0 atom stereocenters. The van der Waals surface area contributed by atoms with Crippen molar-refractivity contribution < 1.29 is 9.31 Å². The van der Waals surface area contributed by atoms with Crippen molar-refractivity contribution in [2.45, 2.75) is 71.0 Å². The molecule has 3 nitrogen and oxygen atoms in total. The molecule has 5 heteroatoms. The zero-order chi connectivity index (χ0) is 13.8. The SMILES string of the molecule is CCc1sc(C2CC2)nc1B1OC(C)(C)C(C)(C)O1. The third-order valence-electron chi connectivity index (χ3n) is 4.47. The maximum Gasteiger partial charge on any atom is 0.515 e. The van der Waals surface area contributed by atoms with Crippen molar-refractivity contribution in [1.29, 1.82) is 0 Å². The molecule has 0 radical (unpaired) electrons. The van der Waals surface area contributed by atoms with E-state index in [0.717, 1.165) is 12.0 Å². The maximum atomic E-state index is 6.13. The van der Waals surface area contributed by atoms with E-state index >= 15 is 0 Å². The largest absolute Gasteiger partial charge is 0.515 e. The van der Waals surface area contributed by atoms with Crippen molar-refractivity contribution >= 4 is 24.0 Å². The van der Waals surface area contributed by atoms with Gasteiger partial charge in [0.25, 0.3) is 0 Å². The molecule has 0 aromatic carbocycles. The van der Waals surface area contributed by atoms with Gasteiger partial charge in [-0.3, -0.25) is 0 Å². The molecule has 0 N–H and O–H groups in total. The molecule has 1 aliphatic carbocycles. The van der Waals surface area contributed by atoms with E-state index in [0.29, 0.717) is 5.92 Å². The summed E-state index contributed by atoms with van der Waals surface area (Å²) in [5.74, 6) is 0.700. The summed E-state index contributed by atoms with van der Waals surface area (Å²) in [6, 6.07) is 0. The second-order valence-electron chi connectivity index (χ2n) is 6.58. The highest BCUT2D eigenvalue weighted by molar-refractivity contribution is 7.13. The van der Waals surface area contributed by atoms with Gasteiger partial charge >= 0.3 is 7.12 Å². The average molecular weight is 279 g/mol. The van der Waals surface area contributed by atoms with Gasteiger partial charge in [0, 0.05) is 10.8 Å². The van der Waals surface area contributed by atoms with Gasteiger partial charge in [-0.2, -0.15) is 0 Å². The van der Waals surface area contributed by atoms with Crippen LogP contribution in [0.1, 0.15) is 63.3 Å². The Morgan fingerprint density at radius 1 is 1.21 bits per heavy atom. The van der Waals surface area contributed by atoms with Crippen LogP contribution in [0.4, 0.5) is 0 Å². The summed E-state index contributed by atoms with van der Waals surface area (Å²) in [5.41, 5.74) is 0.450. The number of nitrogens with zero attached hydrogens (tertiary/aromatic N) is 1. The third-order valence-corrected chi connectivity index (χ3v) is 5.85. The molecule has 1 aromatic heterocycles. The lowest BCUT2D eigenvalue weighted by molar-refractivity contribution is 0.00578. The number of hydrogen-bond acceptors (Lipinski definition) is 4. The van der Waals surface area contributed by atoms with E-state index in [1.54, 1.807) is 0 Å². The Hall–Kier alpha value is -0.385. The van der Waals surface area contributed by atoms with Gasteiger partial charge in [-0.15, -0.1) is 11.3 Å². The van der Waals surface area contributed by atoms with Crippen molar-refractivity contribution in [3.8, 4) is 0 Å². The fraction of sp³-hybridized carbons (Fsp3) is 0.786. The molecule has 1 aromatic rings. The van der Waals surface area contributed by atoms with Crippen LogP contribution in [0, 0.1) is 0 Å². The minimum Gasteiger partial charge on any atom is -0.398 e. The first-order chi connectivity index (χ1) is 8.84. The first kappa shape index (κ1) is 13.6. The van der Waals surface area contributed by atoms with Crippen molar-refractivity contribution in [3.05, 3.63) is 9.88 Å². The summed E-state index contributed by atoms with van der Waals surface area (Å²) in [6.45, 7) is 10.5. The van der Waals surface area contributed by atoms with E-state index in [-0.39, 0.29) is 18.3 Å².